The fraction of sp³-hybridized carbons (Fsp3) is 0.233. The van der Waals surface area contributed by atoms with Crippen molar-refractivity contribution < 1.29 is 24.2 Å². The molecule has 0 aliphatic carbocycles. The lowest BCUT2D eigenvalue weighted by Crippen LogP contribution is -2.29. The minimum atomic E-state index is -0.881. The van der Waals surface area contributed by atoms with E-state index in [0.29, 0.717) is 41.0 Å². The maximum Gasteiger partial charge on any atom is 0.301 e. The minimum Gasteiger partial charge on any atom is -0.507 e. The van der Waals surface area contributed by atoms with Crippen LogP contribution in [0.4, 0.5) is 5.13 Å². The number of carbonyl (C=O) groups is 2. The van der Waals surface area contributed by atoms with Gasteiger partial charge in [-0.1, -0.05) is 36.5 Å². The number of thiazole rings is 1. The molecule has 38 heavy (non-hydrogen) atoms. The van der Waals surface area contributed by atoms with Crippen LogP contribution in [0, 0.1) is 6.92 Å². The molecule has 3 aromatic carbocycles. The van der Waals surface area contributed by atoms with E-state index < -0.39 is 17.7 Å². The summed E-state index contributed by atoms with van der Waals surface area (Å²) in [7, 11) is 0. The van der Waals surface area contributed by atoms with Crippen LogP contribution in [-0.2, 0) is 9.59 Å². The van der Waals surface area contributed by atoms with Crippen molar-refractivity contribution in [2.24, 2.45) is 0 Å². The van der Waals surface area contributed by atoms with E-state index in [1.165, 1.54) is 16.2 Å². The Kier molecular flexibility index (Phi) is 7.15. The average Bonchev–Trinajstić information content (AvgIpc) is 3.45. The summed E-state index contributed by atoms with van der Waals surface area (Å²) >= 11 is 1.34. The first-order valence-corrected chi connectivity index (χ1v) is 13.4. The third-order valence-corrected chi connectivity index (χ3v) is 7.29. The average molecular weight is 529 g/mol. The molecule has 8 heteroatoms. The van der Waals surface area contributed by atoms with Gasteiger partial charge in [0.25, 0.3) is 5.78 Å². The van der Waals surface area contributed by atoms with Gasteiger partial charge in [0.2, 0.25) is 0 Å². The van der Waals surface area contributed by atoms with Crippen molar-refractivity contribution in [1.29, 1.82) is 0 Å². The number of hydrogen-bond donors (Lipinski definition) is 1. The van der Waals surface area contributed by atoms with Gasteiger partial charge >= 0.3 is 5.91 Å². The van der Waals surface area contributed by atoms with Crippen LogP contribution >= 0.6 is 11.3 Å². The number of hydrogen-bond acceptors (Lipinski definition) is 7. The molecule has 1 unspecified atom stereocenters. The van der Waals surface area contributed by atoms with Crippen molar-refractivity contribution in [2.45, 2.75) is 33.2 Å². The Labute approximate surface area is 225 Å². The number of aliphatic hydroxyl groups excluding tert-OH is 1. The number of aromatic nitrogens is 1. The van der Waals surface area contributed by atoms with Gasteiger partial charge in [-0.2, -0.15) is 0 Å². The molecular formula is C30H28N2O5S. The van der Waals surface area contributed by atoms with E-state index in [-0.39, 0.29) is 11.3 Å². The number of aryl methyl sites for hydroxylation is 1. The van der Waals surface area contributed by atoms with Gasteiger partial charge in [0, 0.05) is 5.56 Å². The molecule has 0 bridgehead atoms. The number of nitrogens with zero attached hydrogens (tertiary/aromatic N) is 2. The molecule has 1 aromatic heterocycles. The molecule has 194 valence electrons. The van der Waals surface area contributed by atoms with Crippen LogP contribution < -0.4 is 14.4 Å². The van der Waals surface area contributed by atoms with Gasteiger partial charge in [-0.3, -0.25) is 14.5 Å². The van der Waals surface area contributed by atoms with Gasteiger partial charge in [0.05, 0.1) is 35.0 Å². The third-order valence-electron chi connectivity index (χ3n) is 6.27. The van der Waals surface area contributed by atoms with Crippen LogP contribution in [0.15, 0.2) is 72.3 Å². The number of benzene rings is 3. The van der Waals surface area contributed by atoms with E-state index in [0.717, 1.165) is 22.2 Å². The van der Waals surface area contributed by atoms with Gasteiger partial charge < -0.3 is 14.6 Å². The molecular weight excluding hydrogens is 500 g/mol. The van der Waals surface area contributed by atoms with E-state index >= 15 is 0 Å². The topological polar surface area (TPSA) is 89.0 Å². The van der Waals surface area contributed by atoms with E-state index in [4.69, 9.17) is 9.47 Å². The third kappa shape index (κ3) is 4.75. The van der Waals surface area contributed by atoms with E-state index in [1.54, 1.807) is 24.3 Å². The van der Waals surface area contributed by atoms with Crippen molar-refractivity contribution in [1.82, 2.24) is 4.98 Å². The number of rotatable bonds is 8. The van der Waals surface area contributed by atoms with Crippen LogP contribution in [0.2, 0.25) is 0 Å². The fourth-order valence-corrected chi connectivity index (χ4v) is 5.58. The van der Waals surface area contributed by atoms with Crippen molar-refractivity contribution in [3.8, 4) is 11.5 Å². The summed E-state index contributed by atoms with van der Waals surface area (Å²) in [6, 6.07) is 19.0. The Morgan fingerprint density at radius 3 is 2.53 bits per heavy atom. The molecule has 0 saturated carbocycles. The SMILES string of the molecule is CCCOc1cccc(C2C(=C(O)c3ccc(OCC)cc3)C(=O)C(=O)N2c2nc3ccc(C)cc3s2)c1. The molecule has 7 nitrogen and oxygen atoms in total. The maximum atomic E-state index is 13.5. The normalized spacial score (nSPS) is 16.8. The summed E-state index contributed by atoms with van der Waals surface area (Å²) in [6.07, 6.45) is 0.839. The van der Waals surface area contributed by atoms with E-state index in [2.05, 4.69) is 4.98 Å². The molecule has 1 aliphatic heterocycles. The Bertz CT molecular complexity index is 1540. The lowest BCUT2D eigenvalue weighted by Gasteiger charge is -2.23. The number of carbonyl (C=O) groups excluding carboxylic acids is 2. The van der Waals surface area contributed by atoms with Crippen LogP contribution in [0.25, 0.3) is 16.0 Å². The highest BCUT2D eigenvalue weighted by Crippen LogP contribution is 2.45. The Morgan fingerprint density at radius 2 is 1.79 bits per heavy atom. The monoisotopic (exact) mass is 528 g/mol. The van der Waals surface area contributed by atoms with E-state index in [1.807, 2.05) is 63.2 Å². The van der Waals surface area contributed by atoms with Crippen molar-refractivity contribution >= 4 is 44.1 Å². The van der Waals surface area contributed by atoms with Gasteiger partial charge in [-0.05, 0) is 79.9 Å². The summed E-state index contributed by atoms with van der Waals surface area (Å²) in [6.45, 7) is 6.94. The van der Waals surface area contributed by atoms with Gasteiger partial charge in [0.1, 0.15) is 17.3 Å². The second kappa shape index (κ2) is 10.7. The summed E-state index contributed by atoms with van der Waals surface area (Å²) in [4.78, 5) is 33.1. The van der Waals surface area contributed by atoms with Crippen molar-refractivity contribution in [3.63, 3.8) is 0 Å². The quantitative estimate of drug-likeness (QED) is 0.161. The first kappa shape index (κ1) is 25.5. The molecule has 0 spiro atoms. The zero-order valence-electron chi connectivity index (χ0n) is 21.4. The lowest BCUT2D eigenvalue weighted by atomic mass is 9.95. The zero-order chi connectivity index (χ0) is 26.8. The minimum absolute atomic E-state index is 0.00207. The molecule has 1 atom stereocenters. The number of fused-ring (bicyclic) bond motifs is 1. The predicted octanol–water partition coefficient (Wildman–Crippen LogP) is 6.42. The Hall–Kier alpha value is -4.17. The molecule has 1 fully saturated rings. The number of ketones is 1. The largest absolute Gasteiger partial charge is 0.507 e. The number of Topliss-reactive ketones (excluding diaryl/α,β-unsaturated/α-hetero) is 1. The second-order valence-electron chi connectivity index (χ2n) is 9.02. The lowest BCUT2D eigenvalue weighted by molar-refractivity contribution is -0.132. The standard InChI is InChI=1S/C30H28N2O5S/c1-4-15-37-22-8-6-7-20(17-22)26-25(27(33)19-10-12-21(13-11-19)36-5-2)28(34)29(35)32(26)30-31-23-14-9-18(3)16-24(23)38-30/h6-14,16-17,26,33H,4-5,15H2,1-3H3. The zero-order valence-corrected chi connectivity index (χ0v) is 22.2. The highest BCUT2D eigenvalue weighted by Gasteiger charge is 2.48. The summed E-state index contributed by atoms with van der Waals surface area (Å²) in [5, 5.41) is 11.8. The molecule has 4 aromatic rings. The summed E-state index contributed by atoms with van der Waals surface area (Å²) in [5.74, 6) is -0.492. The first-order chi connectivity index (χ1) is 18.4. The Morgan fingerprint density at radius 1 is 1.00 bits per heavy atom. The Balaban J connectivity index is 1.67. The van der Waals surface area contributed by atoms with E-state index in [9.17, 15) is 14.7 Å². The molecule has 2 heterocycles. The number of aliphatic hydroxyl groups is 1. The second-order valence-corrected chi connectivity index (χ2v) is 10.0. The first-order valence-electron chi connectivity index (χ1n) is 12.6. The number of anilines is 1. The summed E-state index contributed by atoms with van der Waals surface area (Å²) in [5.41, 5.74) is 2.86. The molecule has 5 rings (SSSR count). The number of amides is 1. The van der Waals surface area contributed by atoms with Gasteiger partial charge in [-0.15, -0.1) is 0 Å². The van der Waals surface area contributed by atoms with Crippen LogP contribution in [0.1, 0.15) is 43.0 Å². The van der Waals surface area contributed by atoms with Crippen LogP contribution in [0.5, 0.6) is 11.5 Å². The van der Waals surface area contributed by atoms with Gasteiger partial charge in [0.15, 0.2) is 5.13 Å². The van der Waals surface area contributed by atoms with Crippen molar-refractivity contribution in [3.05, 3.63) is 89.0 Å². The van der Waals surface area contributed by atoms with Crippen LogP contribution in [-0.4, -0.2) is 35.0 Å². The molecule has 1 amide bonds. The van der Waals surface area contributed by atoms with Gasteiger partial charge in [-0.25, -0.2) is 4.98 Å². The molecule has 1 N–H and O–H groups in total. The number of ether oxygens (including phenoxy) is 2. The highest BCUT2D eigenvalue weighted by atomic mass is 32.1. The molecule has 1 saturated heterocycles. The molecule has 1 aliphatic rings. The highest BCUT2D eigenvalue weighted by molar-refractivity contribution is 7.22. The molecule has 0 radical (unpaired) electrons. The predicted molar refractivity (Wildman–Crippen MR) is 149 cm³/mol. The smallest absolute Gasteiger partial charge is 0.301 e. The maximum absolute atomic E-state index is 13.5. The van der Waals surface area contributed by atoms with Crippen LogP contribution in [0.3, 0.4) is 0 Å². The van der Waals surface area contributed by atoms with Crippen molar-refractivity contribution in [2.75, 3.05) is 18.1 Å². The summed E-state index contributed by atoms with van der Waals surface area (Å²) < 4.78 is 12.2. The fourth-order valence-electron chi connectivity index (χ4n) is 4.49.